The molecule has 4 rings (SSSR count). The molecule has 0 radical (unpaired) electrons. The maximum atomic E-state index is 13.6. The molecule has 2 aromatic carbocycles. The second-order valence-corrected chi connectivity index (χ2v) is 10.1. The van der Waals surface area contributed by atoms with Crippen LogP contribution in [0.4, 0.5) is 0 Å². The highest BCUT2D eigenvalue weighted by molar-refractivity contribution is 7.89. The summed E-state index contributed by atoms with van der Waals surface area (Å²) in [5.41, 5.74) is 4.13. The molecule has 184 valence electrons. The largest absolute Gasteiger partial charge is 0.469 e. The molecular formula is C27H26N4O4S. The van der Waals surface area contributed by atoms with Crippen LogP contribution in [0.3, 0.4) is 0 Å². The topological polar surface area (TPSA) is 102 Å². The smallest absolute Gasteiger partial charge is 0.312 e. The van der Waals surface area contributed by atoms with Gasteiger partial charge in [0.1, 0.15) is 6.33 Å². The number of carbonyl (C=O) groups is 1. The third-order valence-corrected chi connectivity index (χ3v) is 7.52. The zero-order valence-corrected chi connectivity index (χ0v) is 20.8. The molecule has 0 amide bonds. The van der Waals surface area contributed by atoms with Gasteiger partial charge in [0.2, 0.25) is 0 Å². The molecule has 0 fully saturated rings. The first-order valence-corrected chi connectivity index (χ1v) is 12.7. The van der Waals surface area contributed by atoms with E-state index >= 15 is 0 Å². The number of hydrogen-bond donors (Lipinski definition) is 0. The first kappa shape index (κ1) is 25.2. The van der Waals surface area contributed by atoms with E-state index in [4.69, 9.17) is 4.74 Å². The van der Waals surface area contributed by atoms with Gasteiger partial charge < -0.3 is 4.74 Å². The highest BCUT2D eigenvalue weighted by Gasteiger charge is 2.26. The minimum atomic E-state index is -3.90. The Morgan fingerprint density at radius 2 is 1.64 bits per heavy atom. The predicted octanol–water partition coefficient (Wildman–Crippen LogP) is 4.21. The van der Waals surface area contributed by atoms with Crippen molar-refractivity contribution in [1.82, 2.24) is 19.3 Å². The van der Waals surface area contributed by atoms with E-state index in [1.807, 2.05) is 48.5 Å². The van der Waals surface area contributed by atoms with Crippen LogP contribution in [-0.2, 0) is 32.6 Å². The molecule has 9 heteroatoms. The maximum Gasteiger partial charge on any atom is 0.312 e. The monoisotopic (exact) mass is 502 g/mol. The average Bonchev–Trinajstić information content (AvgIpc) is 2.93. The second kappa shape index (κ2) is 11.2. The summed E-state index contributed by atoms with van der Waals surface area (Å²) in [5, 5.41) is -0.0258. The highest BCUT2D eigenvalue weighted by atomic mass is 32.2. The standard InChI is InChI=1S/C27H26N4O4S/c1-20(27(32)35-2)24-7-5-6-22(14-24)18-31(36(33,34)26-8-3-4-13-30-26)17-21-9-11-23(12-10-21)25-15-28-19-29-16-25/h3-16,19-20H,17-18H2,1-2H3. The van der Waals surface area contributed by atoms with Crippen LogP contribution in [0.15, 0.2) is 96.7 Å². The average molecular weight is 503 g/mol. The Morgan fingerprint density at radius 1 is 0.917 bits per heavy atom. The molecule has 0 saturated heterocycles. The van der Waals surface area contributed by atoms with Gasteiger partial charge in [-0.1, -0.05) is 54.6 Å². The number of hydrogen-bond acceptors (Lipinski definition) is 7. The molecule has 0 spiro atoms. The summed E-state index contributed by atoms with van der Waals surface area (Å²) in [6.07, 6.45) is 6.38. The summed E-state index contributed by atoms with van der Waals surface area (Å²) >= 11 is 0. The lowest BCUT2D eigenvalue weighted by atomic mass is 9.99. The van der Waals surface area contributed by atoms with Gasteiger partial charge in [-0.15, -0.1) is 0 Å². The van der Waals surface area contributed by atoms with Crippen LogP contribution in [0.1, 0.15) is 29.5 Å². The van der Waals surface area contributed by atoms with E-state index < -0.39 is 15.9 Å². The zero-order chi connectivity index (χ0) is 25.5. The van der Waals surface area contributed by atoms with Crippen LogP contribution in [0.25, 0.3) is 11.1 Å². The summed E-state index contributed by atoms with van der Waals surface area (Å²) in [5.74, 6) is -0.820. The number of pyridine rings is 1. The number of benzene rings is 2. The molecule has 2 heterocycles. The molecule has 0 saturated carbocycles. The van der Waals surface area contributed by atoms with E-state index in [-0.39, 0.29) is 24.1 Å². The number of rotatable bonds is 9. The molecule has 4 aromatic rings. The molecule has 36 heavy (non-hydrogen) atoms. The number of ether oxygens (including phenoxy) is 1. The van der Waals surface area contributed by atoms with Crippen LogP contribution in [0, 0.1) is 0 Å². The van der Waals surface area contributed by atoms with Gasteiger partial charge in [0.25, 0.3) is 10.0 Å². The molecule has 8 nitrogen and oxygen atoms in total. The Balaban J connectivity index is 1.64. The van der Waals surface area contributed by atoms with Gasteiger partial charge in [0.05, 0.1) is 13.0 Å². The van der Waals surface area contributed by atoms with Crippen molar-refractivity contribution in [3.63, 3.8) is 0 Å². The number of methoxy groups -OCH3 is 1. The third kappa shape index (κ3) is 5.81. The molecule has 0 bridgehead atoms. The van der Waals surface area contributed by atoms with Crippen LogP contribution < -0.4 is 0 Å². The molecular weight excluding hydrogens is 476 g/mol. The summed E-state index contributed by atoms with van der Waals surface area (Å²) in [7, 11) is -2.56. The number of aromatic nitrogens is 3. The Labute approximate surface area is 210 Å². The van der Waals surface area contributed by atoms with Crippen molar-refractivity contribution in [2.75, 3.05) is 7.11 Å². The molecule has 2 aromatic heterocycles. The summed E-state index contributed by atoms with van der Waals surface area (Å²) in [6, 6.07) is 19.7. The summed E-state index contributed by atoms with van der Waals surface area (Å²) in [6.45, 7) is 2.00. The van der Waals surface area contributed by atoms with Crippen LogP contribution >= 0.6 is 0 Å². The summed E-state index contributed by atoms with van der Waals surface area (Å²) < 4.78 is 33.4. The van der Waals surface area contributed by atoms with E-state index in [1.165, 1.54) is 30.0 Å². The van der Waals surface area contributed by atoms with Gasteiger partial charge in [-0.2, -0.15) is 4.31 Å². The van der Waals surface area contributed by atoms with E-state index in [0.717, 1.165) is 27.8 Å². The van der Waals surface area contributed by atoms with Crippen molar-refractivity contribution in [3.8, 4) is 11.1 Å². The Bertz CT molecular complexity index is 1410. The minimum Gasteiger partial charge on any atom is -0.469 e. The molecule has 0 aliphatic rings. The lowest BCUT2D eigenvalue weighted by molar-refractivity contribution is -0.141. The lowest BCUT2D eigenvalue weighted by Gasteiger charge is -2.23. The van der Waals surface area contributed by atoms with Crippen molar-refractivity contribution >= 4 is 16.0 Å². The van der Waals surface area contributed by atoms with E-state index in [9.17, 15) is 13.2 Å². The number of nitrogens with zero attached hydrogens (tertiary/aromatic N) is 4. The van der Waals surface area contributed by atoms with Crippen molar-refractivity contribution in [2.24, 2.45) is 0 Å². The number of esters is 1. The van der Waals surface area contributed by atoms with Gasteiger partial charge in [-0.05, 0) is 41.3 Å². The maximum absolute atomic E-state index is 13.6. The highest BCUT2D eigenvalue weighted by Crippen LogP contribution is 2.24. The van der Waals surface area contributed by atoms with Gasteiger partial charge >= 0.3 is 5.97 Å². The van der Waals surface area contributed by atoms with Crippen molar-refractivity contribution in [1.29, 1.82) is 0 Å². The fourth-order valence-corrected chi connectivity index (χ4v) is 5.14. The van der Waals surface area contributed by atoms with Gasteiger partial charge in [-0.3, -0.25) is 4.79 Å². The first-order valence-electron chi connectivity index (χ1n) is 11.3. The second-order valence-electron chi connectivity index (χ2n) is 8.26. The molecule has 1 unspecified atom stereocenters. The van der Waals surface area contributed by atoms with Crippen molar-refractivity contribution < 1.29 is 17.9 Å². The molecule has 0 aliphatic carbocycles. The van der Waals surface area contributed by atoms with Crippen molar-refractivity contribution in [2.45, 2.75) is 31.0 Å². The van der Waals surface area contributed by atoms with Gasteiger partial charge in [0, 0.05) is 37.2 Å². The summed E-state index contributed by atoms with van der Waals surface area (Å²) in [4.78, 5) is 24.2. The Hall–Kier alpha value is -3.95. The van der Waals surface area contributed by atoms with E-state index in [1.54, 1.807) is 31.5 Å². The Kier molecular flexibility index (Phi) is 7.82. The molecule has 0 N–H and O–H groups in total. The van der Waals surface area contributed by atoms with E-state index in [2.05, 4.69) is 15.0 Å². The Morgan fingerprint density at radius 3 is 2.31 bits per heavy atom. The first-order chi connectivity index (χ1) is 17.4. The quantitative estimate of drug-likeness (QED) is 0.316. The van der Waals surface area contributed by atoms with Crippen LogP contribution in [0.2, 0.25) is 0 Å². The fraction of sp³-hybridized carbons (Fsp3) is 0.185. The van der Waals surface area contributed by atoms with Gasteiger partial charge in [0.15, 0.2) is 5.03 Å². The SMILES string of the molecule is COC(=O)C(C)c1cccc(CN(Cc2ccc(-c3cncnc3)cc2)S(=O)(=O)c2ccccn2)c1. The lowest BCUT2D eigenvalue weighted by Crippen LogP contribution is -2.31. The third-order valence-electron chi connectivity index (χ3n) is 5.81. The van der Waals surface area contributed by atoms with Crippen LogP contribution in [-0.4, -0.2) is 40.8 Å². The minimum absolute atomic E-state index is 0.0258. The predicted molar refractivity (Wildman–Crippen MR) is 135 cm³/mol. The van der Waals surface area contributed by atoms with Crippen LogP contribution in [0.5, 0.6) is 0 Å². The molecule has 0 aliphatic heterocycles. The normalized spacial score (nSPS) is 12.3. The van der Waals surface area contributed by atoms with Crippen molar-refractivity contribution in [3.05, 3.63) is 108 Å². The zero-order valence-electron chi connectivity index (χ0n) is 20.0. The number of sulfonamides is 1. The molecule has 1 atom stereocenters. The van der Waals surface area contributed by atoms with E-state index in [0.29, 0.717) is 0 Å². The van der Waals surface area contributed by atoms with Gasteiger partial charge in [-0.25, -0.2) is 23.4 Å². The number of carbonyl (C=O) groups excluding carboxylic acids is 1. The fourth-order valence-electron chi connectivity index (χ4n) is 3.79.